The minimum absolute atomic E-state index is 0.0638. The van der Waals surface area contributed by atoms with Crippen LogP contribution in [0.15, 0.2) is 42.5 Å². The smallest absolute Gasteiger partial charge is 0.338 e. The van der Waals surface area contributed by atoms with Crippen LogP contribution in [0, 0.1) is 6.92 Å². The van der Waals surface area contributed by atoms with Crippen LogP contribution in [-0.4, -0.2) is 9.97 Å². The van der Waals surface area contributed by atoms with Crippen molar-refractivity contribution in [3.05, 3.63) is 53.6 Å². The van der Waals surface area contributed by atoms with E-state index in [9.17, 15) is 13.2 Å². The first kappa shape index (κ1) is 12.7. The van der Waals surface area contributed by atoms with Gasteiger partial charge in [-0.15, -0.1) is 0 Å². The maximum Gasteiger partial charge on any atom is 0.417 e. The van der Waals surface area contributed by atoms with E-state index in [4.69, 9.17) is 0 Å². The molecule has 5 heteroatoms. The molecule has 0 atom stereocenters. The molecule has 2 aromatic carbocycles. The van der Waals surface area contributed by atoms with Gasteiger partial charge >= 0.3 is 6.18 Å². The van der Waals surface area contributed by atoms with Crippen LogP contribution in [-0.2, 0) is 6.18 Å². The maximum absolute atomic E-state index is 13.0. The Bertz CT molecular complexity index is 772. The number of H-pyrrole nitrogens is 1. The quantitative estimate of drug-likeness (QED) is 0.693. The van der Waals surface area contributed by atoms with E-state index in [2.05, 4.69) is 9.97 Å². The van der Waals surface area contributed by atoms with Gasteiger partial charge in [0.2, 0.25) is 0 Å². The fourth-order valence-corrected chi connectivity index (χ4v) is 2.19. The maximum atomic E-state index is 13.0. The summed E-state index contributed by atoms with van der Waals surface area (Å²) >= 11 is 0. The zero-order chi connectivity index (χ0) is 14.3. The van der Waals surface area contributed by atoms with Crippen LogP contribution in [0.2, 0.25) is 0 Å². The molecule has 3 rings (SSSR count). The molecule has 0 unspecified atom stereocenters. The lowest BCUT2D eigenvalue weighted by Gasteiger charge is -2.10. The number of alkyl halides is 3. The summed E-state index contributed by atoms with van der Waals surface area (Å²) in [5, 5.41) is 0. The number of aromatic nitrogens is 2. The van der Waals surface area contributed by atoms with E-state index in [1.807, 2.05) is 19.1 Å². The van der Waals surface area contributed by atoms with Gasteiger partial charge in [-0.3, -0.25) is 0 Å². The monoisotopic (exact) mass is 276 g/mol. The Morgan fingerprint density at radius 3 is 2.55 bits per heavy atom. The molecule has 0 aliphatic carbocycles. The number of aromatic amines is 1. The molecule has 0 spiro atoms. The number of fused-ring (bicyclic) bond motifs is 1. The van der Waals surface area contributed by atoms with Gasteiger partial charge in [0.1, 0.15) is 5.82 Å². The molecule has 20 heavy (non-hydrogen) atoms. The molecular weight excluding hydrogens is 265 g/mol. The predicted octanol–water partition coefficient (Wildman–Crippen LogP) is 4.56. The standard InChI is InChI=1S/C15H11F3N2/c1-9-6-7-12-13(8-9)20-14(19-12)10-4-2-3-5-11(10)15(16,17)18/h2-8H,1H3,(H,19,20). The molecule has 0 saturated carbocycles. The van der Waals surface area contributed by atoms with Gasteiger partial charge < -0.3 is 4.98 Å². The molecule has 1 heterocycles. The lowest BCUT2D eigenvalue weighted by molar-refractivity contribution is -0.137. The number of benzene rings is 2. The Hall–Kier alpha value is -2.30. The lowest BCUT2D eigenvalue weighted by atomic mass is 10.1. The van der Waals surface area contributed by atoms with Gasteiger partial charge in [-0.1, -0.05) is 24.3 Å². The summed E-state index contributed by atoms with van der Waals surface area (Å²) < 4.78 is 39.0. The first-order valence-corrected chi connectivity index (χ1v) is 6.08. The van der Waals surface area contributed by atoms with Gasteiger partial charge in [-0.25, -0.2) is 4.98 Å². The van der Waals surface area contributed by atoms with Crippen molar-refractivity contribution >= 4 is 11.0 Å². The molecule has 1 N–H and O–H groups in total. The van der Waals surface area contributed by atoms with Crippen molar-refractivity contribution in [2.45, 2.75) is 13.1 Å². The zero-order valence-corrected chi connectivity index (χ0v) is 10.6. The minimum atomic E-state index is -4.40. The molecule has 3 aromatic rings. The first-order valence-electron chi connectivity index (χ1n) is 6.08. The molecule has 0 saturated heterocycles. The van der Waals surface area contributed by atoms with Crippen LogP contribution >= 0.6 is 0 Å². The third kappa shape index (κ3) is 2.15. The van der Waals surface area contributed by atoms with Gasteiger partial charge in [0, 0.05) is 5.56 Å². The Balaban J connectivity index is 2.21. The van der Waals surface area contributed by atoms with Crippen LogP contribution in [0.3, 0.4) is 0 Å². The van der Waals surface area contributed by atoms with Crippen LogP contribution in [0.25, 0.3) is 22.4 Å². The number of nitrogens with zero attached hydrogens (tertiary/aromatic N) is 1. The molecule has 0 fully saturated rings. The topological polar surface area (TPSA) is 28.7 Å². The minimum Gasteiger partial charge on any atom is -0.338 e. The second-order valence-electron chi connectivity index (χ2n) is 4.65. The molecule has 2 nitrogen and oxygen atoms in total. The Labute approximate surface area is 113 Å². The van der Waals surface area contributed by atoms with Gasteiger partial charge in [0.05, 0.1) is 16.6 Å². The van der Waals surface area contributed by atoms with Crippen molar-refractivity contribution in [1.82, 2.24) is 9.97 Å². The number of hydrogen-bond acceptors (Lipinski definition) is 1. The third-order valence-corrected chi connectivity index (χ3v) is 3.12. The van der Waals surface area contributed by atoms with Crippen LogP contribution < -0.4 is 0 Å². The summed E-state index contributed by atoms with van der Waals surface area (Å²) in [5.74, 6) is 0.235. The van der Waals surface area contributed by atoms with Gasteiger partial charge in [-0.2, -0.15) is 13.2 Å². The summed E-state index contributed by atoms with van der Waals surface area (Å²) in [6.45, 7) is 1.92. The summed E-state index contributed by atoms with van der Waals surface area (Å²) in [6.07, 6.45) is -4.40. The van der Waals surface area contributed by atoms with Gasteiger partial charge in [0.25, 0.3) is 0 Å². The van der Waals surface area contributed by atoms with Crippen molar-refractivity contribution in [3.8, 4) is 11.4 Å². The van der Waals surface area contributed by atoms with Gasteiger partial charge in [-0.05, 0) is 30.7 Å². The normalized spacial score (nSPS) is 12.0. The van der Waals surface area contributed by atoms with Crippen molar-refractivity contribution in [2.75, 3.05) is 0 Å². The molecule has 102 valence electrons. The fourth-order valence-electron chi connectivity index (χ4n) is 2.19. The SMILES string of the molecule is Cc1ccc2nc(-c3ccccc3C(F)(F)F)[nH]c2c1. The second-order valence-corrected chi connectivity index (χ2v) is 4.65. The zero-order valence-electron chi connectivity index (χ0n) is 10.6. The van der Waals surface area contributed by atoms with E-state index < -0.39 is 11.7 Å². The number of halogens is 3. The lowest BCUT2D eigenvalue weighted by Crippen LogP contribution is -2.07. The first-order chi connectivity index (χ1) is 9.45. The highest BCUT2D eigenvalue weighted by atomic mass is 19.4. The molecule has 0 amide bonds. The van der Waals surface area contributed by atoms with Crippen LogP contribution in [0.1, 0.15) is 11.1 Å². The molecule has 0 bridgehead atoms. The van der Waals surface area contributed by atoms with E-state index in [-0.39, 0.29) is 11.4 Å². The Morgan fingerprint density at radius 2 is 1.80 bits per heavy atom. The van der Waals surface area contributed by atoms with Gasteiger partial charge in [0.15, 0.2) is 0 Å². The average molecular weight is 276 g/mol. The predicted molar refractivity (Wildman–Crippen MR) is 71.3 cm³/mol. The Kier molecular flexibility index (Phi) is 2.78. The fraction of sp³-hybridized carbons (Fsp3) is 0.133. The second kappa shape index (κ2) is 4.37. The number of rotatable bonds is 1. The van der Waals surface area contributed by atoms with E-state index >= 15 is 0 Å². The molecular formula is C15H11F3N2. The summed E-state index contributed by atoms with van der Waals surface area (Å²) in [7, 11) is 0. The highest BCUT2D eigenvalue weighted by molar-refractivity contribution is 5.80. The van der Waals surface area contributed by atoms with Crippen LogP contribution in [0.5, 0.6) is 0 Å². The summed E-state index contributed by atoms with van der Waals surface area (Å²) in [5.41, 5.74) is 1.79. The Morgan fingerprint density at radius 1 is 1.05 bits per heavy atom. The van der Waals surface area contributed by atoms with E-state index in [0.717, 1.165) is 17.1 Å². The number of imidazole rings is 1. The van der Waals surface area contributed by atoms with E-state index in [0.29, 0.717) is 5.52 Å². The summed E-state index contributed by atoms with van der Waals surface area (Å²) in [6, 6.07) is 11.0. The highest BCUT2D eigenvalue weighted by Crippen LogP contribution is 2.36. The number of aryl methyl sites for hydroxylation is 1. The van der Waals surface area contributed by atoms with E-state index in [1.54, 1.807) is 12.1 Å². The van der Waals surface area contributed by atoms with Crippen LogP contribution in [0.4, 0.5) is 13.2 Å². The molecule has 0 radical (unpaired) electrons. The molecule has 1 aromatic heterocycles. The van der Waals surface area contributed by atoms with Crippen molar-refractivity contribution in [1.29, 1.82) is 0 Å². The number of nitrogens with one attached hydrogen (secondary N) is 1. The largest absolute Gasteiger partial charge is 0.417 e. The summed E-state index contributed by atoms with van der Waals surface area (Å²) in [4.78, 5) is 7.20. The molecule has 0 aliphatic heterocycles. The van der Waals surface area contributed by atoms with Crippen molar-refractivity contribution < 1.29 is 13.2 Å². The van der Waals surface area contributed by atoms with Crippen molar-refractivity contribution in [3.63, 3.8) is 0 Å². The molecule has 0 aliphatic rings. The third-order valence-electron chi connectivity index (χ3n) is 3.12. The highest BCUT2D eigenvalue weighted by Gasteiger charge is 2.34. The van der Waals surface area contributed by atoms with E-state index in [1.165, 1.54) is 12.1 Å². The average Bonchev–Trinajstić information content (AvgIpc) is 2.80. The number of hydrogen-bond donors (Lipinski definition) is 1. The van der Waals surface area contributed by atoms with Crippen molar-refractivity contribution in [2.24, 2.45) is 0 Å².